The molecule has 0 saturated carbocycles. The molecule has 108 valence electrons. The second kappa shape index (κ2) is 6.56. The van der Waals surface area contributed by atoms with E-state index in [1.807, 2.05) is 6.92 Å². The molecule has 0 aliphatic heterocycles. The molecule has 0 spiro atoms. The molecule has 2 aromatic rings. The Kier molecular flexibility index (Phi) is 4.77. The molecular formula is C14H11Cl2N3O2. The maximum absolute atomic E-state index is 11.8. The number of hydrogen-bond donors (Lipinski definition) is 2. The summed E-state index contributed by atoms with van der Waals surface area (Å²) < 4.78 is 0. The van der Waals surface area contributed by atoms with Gasteiger partial charge in [-0.2, -0.15) is 0 Å². The zero-order valence-corrected chi connectivity index (χ0v) is 12.5. The van der Waals surface area contributed by atoms with Crippen LogP contribution in [0.5, 0.6) is 0 Å². The van der Waals surface area contributed by atoms with Gasteiger partial charge in [-0.05, 0) is 25.1 Å². The summed E-state index contributed by atoms with van der Waals surface area (Å²) in [5, 5.41) is 0.270. The lowest BCUT2D eigenvalue weighted by molar-refractivity contribution is 0.0846. The summed E-state index contributed by atoms with van der Waals surface area (Å²) >= 11 is 11.4. The summed E-state index contributed by atoms with van der Waals surface area (Å²) in [5.74, 6) is -0.960. The molecule has 1 aromatic carbocycles. The molecule has 2 N–H and O–H groups in total. The third kappa shape index (κ3) is 3.93. The van der Waals surface area contributed by atoms with Crippen molar-refractivity contribution in [1.29, 1.82) is 0 Å². The van der Waals surface area contributed by atoms with Gasteiger partial charge >= 0.3 is 0 Å². The summed E-state index contributed by atoms with van der Waals surface area (Å²) in [6.07, 6.45) is 1.27. The van der Waals surface area contributed by atoms with Gasteiger partial charge in [-0.15, -0.1) is 0 Å². The maximum Gasteiger partial charge on any atom is 0.271 e. The van der Waals surface area contributed by atoms with Crippen LogP contribution in [0.3, 0.4) is 0 Å². The number of hydrogen-bond acceptors (Lipinski definition) is 3. The Labute approximate surface area is 131 Å². The highest BCUT2D eigenvalue weighted by atomic mass is 35.5. The lowest BCUT2D eigenvalue weighted by Crippen LogP contribution is -2.41. The number of nitrogens with zero attached hydrogens (tertiary/aromatic N) is 1. The van der Waals surface area contributed by atoms with Crippen LogP contribution < -0.4 is 10.9 Å². The fraction of sp³-hybridized carbons (Fsp3) is 0.0714. The van der Waals surface area contributed by atoms with Crippen LogP contribution in [-0.4, -0.2) is 16.8 Å². The average molecular weight is 324 g/mol. The number of hydrazine groups is 1. The number of rotatable bonds is 2. The molecule has 0 unspecified atom stereocenters. The molecule has 0 aliphatic carbocycles. The Morgan fingerprint density at radius 2 is 1.57 bits per heavy atom. The van der Waals surface area contributed by atoms with Gasteiger partial charge in [0.2, 0.25) is 0 Å². The molecule has 0 bridgehead atoms. The molecule has 1 heterocycles. The minimum Gasteiger partial charge on any atom is -0.267 e. The lowest BCUT2D eigenvalue weighted by atomic mass is 10.1. The van der Waals surface area contributed by atoms with E-state index in [-0.39, 0.29) is 15.7 Å². The van der Waals surface area contributed by atoms with Crippen LogP contribution in [0.4, 0.5) is 0 Å². The Bertz CT molecular complexity index is 687. The van der Waals surface area contributed by atoms with E-state index < -0.39 is 11.8 Å². The van der Waals surface area contributed by atoms with Crippen LogP contribution in [0.1, 0.15) is 26.3 Å². The predicted molar refractivity (Wildman–Crippen MR) is 80.4 cm³/mol. The van der Waals surface area contributed by atoms with E-state index in [4.69, 9.17) is 23.2 Å². The van der Waals surface area contributed by atoms with Crippen molar-refractivity contribution in [2.75, 3.05) is 0 Å². The van der Waals surface area contributed by atoms with E-state index in [1.54, 1.807) is 24.3 Å². The molecule has 2 rings (SSSR count). The van der Waals surface area contributed by atoms with Crippen LogP contribution in [-0.2, 0) is 0 Å². The fourth-order valence-corrected chi connectivity index (χ4v) is 1.78. The van der Waals surface area contributed by atoms with E-state index in [9.17, 15) is 9.59 Å². The first kappa shape index (κ1) is 15.3. The highest BCUT2D eigenvalue weighted by molar-refractivity contribution is 6.41. The Balaban J connectivity index is 1.98. The smallest absolute Gasteiger partial charge is 0.267 e. The normalized spacial score (nSPS) is 10.0. The molecule has 0 radical (unpaired) electrons. The van der Waals surface area contributed by atoms with Crippen LogP contribution in [0.2, 0.25) is 10.2 Å². The zero-order valence-electron chi connectivity index (χ0n) is 11.0. The number of carbonyl (C=O) groups excluding carboxylic acids is 2. The van der Waals surface area contributed by atoms with Gasteiger partial charge in [0.15, 0.2) is 0 Å². The van der Waals surface area contributed by atoms with Crippen LogP contribution in [0, 0.1) is 6.92 Å². The summed E-state index contributed by atoms with van der Waals surface area (Å²) in [6.45, 7) is 1.92. The number of pyridine rings is 1. The van der Waals surface area contributed by atoms with Crippen molar-refractivity contribution >= 4 is 35.0 Å². The largest absolute Gasteiger partial charge is 0.271 e. The summed E-state index contributed by atoms with van der Waals surface area (Å²) in [6, 6.07) is 8.30. The summed E-state index contributed by atoms with van der Waals surface area (Å²) in [4.78, 5) is 27.4. The van der Waals surface area contributed by atoms with E-state index in [1.165, 1.54) is 12.3 Å². The number of nitrogens with one attached hydrogen (secondary N) is 2. The Morgan fingerprint density at radius 1 is 1.00 bits per heavy atom. The molecule has 5 nitrogen and oxygen atoms in total. The second-order valence-electron chi connectivity index (χ2n) is 4.27. The molecular weight excluding hydrogens is 313 g/mol. The number of aromatic nitrogens is 1. The highest BCUT2D eigenvalue weighted by Crippen LogP contribution is 2.19. The molecule has 0 atom stereocenters. The summed E-state index contributed by atoms with van der Waals surface area (Å²) in [7, 11) is 0. The number of amides is 2. The molecule has 21 heavy (non-hydrogen) atoms. The van der Waals surface area contributed by atoms with Gasteiger partial charge in [-0.25, -0.2) is 4.98 Å². The Morgan fingerprint density at radius 3 is 2.14 bits per heavy atom. The molecule has 0 fully saturated rings. The SMILES string of the molecule is Cc1ccc(C(=O)NNC(=O)c2cnc(Cl)c(Cl)c2)cc1. The third-order valence-corrected chi connectivity index (χ3v) is 3.35. The molecule has 0 saturated heterocycles. The van der Waals surface area contributed by atoms with E-state index in [2.05, 4.69) is 15.8 Å². The van der Waals surface area contributed by atoms with Crippen molar-refractivity contribution < 1.29 is 9.59 Å². The monoisotopic (exact) mass is 323 g/mol. The predicted octanol–water partition coefficient (Wildman–Crippen LogP) is 2.77. The second-order valence-corrected chi connectivity index (χ2v) is 5.04. The van der Waals surface area contributed by atoms with Crippen molar-refractivity contribution in [3.63, 3.8) is 0 Å². The van der Waals surface area contributed by atoms with Gasteiger partial charge in [-0.3, -0.25) is 20.4 Å². The lowest BCUT2D eigenvalue weighted by Gasteiger charge is -2.08. The minimum atomic E-state index is -0.540. The maximum atomic E-state index is 11.8. The number of halogens is 2. The van der Waals surface area contributed by atoms with Crippen molar-refractivity contribution in [1.82, 2.24) is 15.8 Å². The van der Waals surface area contributed by atoms with Gasteiger partial charge in [0.25, 0.3) is 11.8 Å². The van der Waals surface area contributed by atoms with E-state index >= 15 is 0 Å². The topological polar surface area (TPSA) is 71.1 Å². The quantitative estimate of drug-likeness (QED) is 0.659. The first-order valence-electron chi connectivity index (χ1n) is 5.96. The van der Waals surface area contributed by atoms with E-state index in [0.29, 0.717) is 5.56 Å². The highest BCUT2D eigenvalue weighted by Gasteiger charge is 2.11. The third-order valence-electron chi connectivity index (χ3n) is 2.66. The van der Waals surface area contributed by atoms with Gasteiger partial charge in [0.1, 0.15) is 5.15 Å². The van der Waals surface area contributed by atoms with Crippen LogP contribution >= 0.6 is 23.2 Å². The number of aryl methyl sites for hydroxylation is 1. The van der Waals surface area contributed by atoms with Crippen molar-refractivity contribution in [3.05, 3.63) is 63.4 Å². The first-order valence-corrected chi connectivity index (χ1v) is 6.71. The fourth-order valence-electron chi connectivity index (χ4n) is 1.51. The molecule has 7 heteroatoms. The first-order chi connectivity index (χ1) is 9.97. The standard InChI is InChI=1S/C14H11Cl2N3O2/c1-8-2-4-9(5-3-8)13(20)18-19-14(21)10-6-11(15)12(16)17-7-10/h2-7H,1H3,(H,18,20)(H,19,21). The molecule has 2 amide bonds. The number of carbonyl (C=O) groups is 2. The van der Waals surface area contributed by atoms with Crippen LogP contribution in [0.15, 0.2) is 36.5 Å². The molecule has 1 aromatic heterocycles. The van der Waals surface area contributed by atoms with Crippen molar-refractivity contribution in [3.8, 4) is 0 Å². The van der Waals surface area contributed by atoms with Crippen molar-refractivity contribution in [2.45, 2.75) is 6.92 Å². The van der Waals surface area contributed by atoms with Gasteiger partial charge in [-0.1, -0.05) is 40.9 Å². The summed E-state index contributed by atoms with van der Waals surface area (Å²) in [5.41, 5.74) is 6.25. The molecule has 0 aliphatic rings. The average Bonchev–Trinajstić information content (AvgIpc) is 2.48. The van der Waals surface area contributed by atoms with E-state index in [0.717, 1.165) is 5.56 Å². The van der Waals surface area contributed by atoms with Gasteiger partial charge in [0, 0.05) is 11.8 Å². The zero-order chi connectivity index (χ0) is 15.4. The van der Waals surface area contributed by atoms with Gasteiger partial charge < -0.3 is 0 Å². The minimum absolute atomic E-state index is 0.108. The Hall–Kier alpha value is -2.11. The van der Waals surface area contributed by atoms with Crippen LogP contribution in [0.25, 0.3) is 0 Å². The number of benzene rings is 1. The van der Waals surface area contributed by atoms with Crippen molar-refractivity contribution in [2.24, 2.45) is 0 Å². The van der Waals surface area contributed by atoms with Gasteiger partial charge in [0.05, 0.1) is 10.6 Å².